The van der Waals surface area contributed by atoms with E-state index in [4.69, 9.17) is 23.2 Å². The Morgan fingerprint density at radius 1 is 0.941 bits per heavy atom. The summed E-state index contributed by atoms with van der Waals surface area (Å²) in [6.45, 7) is 0.806. The molecule has 0 bridgehead atoms. The summed E-state index contributed by atoms with van der Waals surface area (Å²) < 4.78 is 0. The second kappa shape index (κ2) is 5.44. The van der Waals surface area contributed by atoms with Crippen LogP contribution < -0.4 is 4.90 Å². The van der Waals surface area contributed by atoms with Crippen LogP contribution in [0, 0.1) is 0 Å². The lowest BCUT2D eigenvalue weighted by Gasteiger charge is -2.21. The molecule has 1 nitrogen and oxygen atoms in total. The molecule has 0 fully saturated rings. The molecule has 2 aromatic carbocycles. The average Bonchev–Trinajstić information content (AvgIpc) is 2.34. The average molecular weight is 266 g/mol. The number of anilines is 1. The lowest BCUT2D eigenvalue weighted by atomic mass is 10.2. The van der Waals surface area contributed by atoms with Crippen LogP contribution in [0.3, 0.4) is 0 Å². The van der Waals surface area contributed by atoms with Crippen molar-refractivity contribution in [3.8, 4) is 0 Å². The smallest absolute Gasteiger partial charge is 0.0825 e. The highest BCUT2D eigenvalue weighted by Crippen LogP contribution is 2.32. The summed E-state index contributed by atoms with van der Waals surface area (Å²) in [4.78, 5) is 2.09. The molecule has 88 valence electrons. The lowest BCUT2D eigenvalue weighted by Crippen LogP contribution is -2.16. The van der Waals surface area contributed by atoms with Crippen LogP contribution in [-0.4, -0.2) is 7.05 Å². The predicted molar refractivity (Wildman–Crippen MR) is 75.0 cm³/mol. The van der Waals surface area contributed by atoms with E-state index in [1.54, 1.807) is 6.07 Å². The van der Waals surface area contributed by atoms with Gasteiger partial charge in [-0.2, -0.15) is 0 Å². The highest BCUT2D eigenvalue weighted by Gasteiger charge is 2.08. The van der Waals surface area contributed by atoms with Crippen LogP contribution in [0.25, 0.3) is 0 Å². The summed E-state index contributed by atoms with van der Waals surface area (Å²) in [5.41, 5.74) is 2.19. The normalized spacial score (nSPS) is 10.3. The molecule has 0 heterocycles. The van der Waals surface area contributed by atoms with Crippen LogP contribution in [0.2, 0.25) is 10.0 Å². The van der Waals surface area contributed by atoms with E-state index < -0.39 is 0 Å². The fourth-order valence-corrected chi connectivity index (χ4v) is 2.17. The molecule has 0 aliphatic heterocycles. The summed E-state index contributed by atoms with van der Waals surface area (Å²) in [6.07, 6.45) is 0. The third-order valence-corrected chi connectivity index (χ3v) is 3.41. The maximum atomic E-state index is 6.18. The Morgan fingerprint density at radius 2 is 1.65 bits per heavy atom. The summed E-state index contributed by atoms with van der Waals surface area (Å²) in [7, 11) is 2.00. The maximum absolute atomic E-state index is 6.18. The van der Waals surface area contributed by atoms with E-state index >= 15 is 0 Å². The van der Waals surface area contributed by atoms with Gasteiger partial charge in [-0.05, 0) is 17.7 Å². The van der Waals surface area contributed by atoms with Gasteiger partial charge in [0.2, 0.25) is 0 Å². The maximum Gasteiger partial charge on any atom is 0.0825 e. The van der Waals surface area contributed by atoms with Gasteiger partial charge >= 0.3 is 0 Å². The highest BCUT2D eigenvalue weighted by atomic mass is 35.5. The predicted octanol–water partition coefficient (Wildman–Crippen LogP) is 4.63. The van der Waals surface area contributed by atoms with Crippen LogP contribution in [0.15, 0.2) is 48.5 Å². The van der Waals surface area contributed by atoms with E-state index in [1.807, 2.05) is 37.4 Å². The molecule has 2 aromatic rings. The number of benzene rings is 2. The lowest BCUT2D eigenvalue weighted by molar-refractivity contribution is 0.923. The first-order valence-electron chi connectivity index (χ1n) is 5.37. The van der Waals surface area contributed by atoms with E-state index in [0.29, 0.717) is 10.0 Å². The molecule has 0 saturated carbocycles. The van der Waals surface area contributed by atoms with Crippen molar-refractivity contribution in [2.24, 2.45) is 0 Å². The summed E-state index contributed by atoms with van der Waals surface area (Å²) in [6, 6.07) is 15.9. The third-order valence-electron chi connectivity index (χ3n) is 2.61. The Balaban J connectivity index is 2.20. The third kappa shape index (κ3) is 2.93. The molecule has 3 heteroatoms. The van der Waals surface area contributed by atoms with Gasteiger partial charge < -0.3 is 4.90 Å². The standard InChI is InChI=1S/C14H13Cl2N/c1-17(10-11-6-3-2-4-7-11)13-9-5-8-12(15)14(13)16/h2-9H,10H2,1H3. The van der Waals surface area contributed by atoms with Gasteiger partial charge in [-0.3, -0.25) is 0 Å². The molecule has 17 heavy (non-hydrogen) atoms. The Kier molecular flexibility index (Phi) is 3.93. The first-order valence-corrected chi connectivity index (χ1v) is 6.13. The van der Waals surface area contributed by atoms with E-state index in [-0.39, 0.29) is 0 Å². The van der Waals surface area contributed by atoms with Gasteiger partial charge in [0, 0.05) is 13.6 Å². The van der Waals surface area contributed by atoms with Crippen LogP contribution in [0.1, 0.15) is 5.56 Å². The number of hydrogen-bond acceptors (Lipinski definition) is 1. The van der Waals surface area contributed by atoms with Gasteiger partial charge in [0.1, 0.15) is 0 Å². The minimum absolute atomic E-state index is 0.587. The van der Waals surface area contributed by atoms with Gasteiger partial charge in [-0.25, -0.2) is 0 Å². The van der Waals surface area contributed by atoms with Crippen molar-refractivity contribution in [2.45, 2.75) is 6.54 Å². The topological polar surface area (TPSA) is 3.24 Å². The summed E-state index contributed by atoms with van der Waals surface area (Å²) in [5.74, 6) is 0. The van der Waals surface area contributed by atoms with E-state index in [0.717, 1.165) is 12.2 Å². The minimum atomic E-state index is 0.587. The second-order valence-corrected chi connectivity index (χ2v) is 4.70. The van der Waals surface area contributed by atoms with Crippen molar-refractivity contribution in [3.63, 3.8) is 0 Å². The molecule has 0 aliphatic carbocycles. The Morgan fingerprint density at radius 3 is 2.35 bits per heavy atom. The van der Waals surface area contributed by atoms with E-state index in [9.17, 15) is 0 Å². The van der Waals surface area contributed by atoms with Crippen molar-refractivity contribution >= 4 is 28.9 Å². The van der Waals surface area contributed by atoms with Crippen LogP contribution in [0.4, 0.5) is 5.69 Å². The first-order chi connectivity index (χ1) is 8.18. The first kappa shape index (κ1) is 12.3. The van der Waals surface area contributed by atoms with Crippen LogP contribution in [-0.2, 0) is 6.54 Å². The summed E-state index contributed by atoms with van der Waals surface area (Å²) >= 11 is 12.2. The molecule has 0 radical (unpaired) electrons. The van der Waals surface area contributed by atoms with Crippen molar-refractivity contribution in [1.82, 2.24) is 0 Å². The molecule has 2 rings (SSSR count). The van der Waals surface area contributed by atoms with Crippen molar-refractivity contribution in [1.29, 1.82) is 0 Å². The number of hydrogen-bond donors (Lipinski definition) is 0. The van der Waals surface area contributed by atoms with E-state index in [1.165, 1.54) is 5.56 Å². The highest BCUT2D eigenvalue weighted by molar-refractivity contribution is 6.43. The second-order valence-electron chi connectivity index (χ2n) is 3.91. The zero-order chi connectivity index (χ0) is 12.3. The van der Waals surface area contributed by atoms with Crippen molar-refractivity contribution < 1.29 is 0 Å². The molecular weight excluding hydrogens is 253 g/mol. The number of nitrogens with zero attached hydrogens (tertiary/aromatic N) is 1. The number of rotatable bonds is 3. The fraction of sp³-hybridized carbons (Fsp3) is 0.143. The Bertz CT molecular complexity index is 497. The van der Waals surface area contributed by atoms with Crippen molar-refractivity contribution in [3.05, 3.63) is 64.1 Å². The monoisotopic (exact) mass is 265 g/mol. The molecule has 0 unspecified atom stereocenters. The zero-order valence-corrected chi connectivity index (χ0v) is 11.0. The van der Waals surface area contributed by atoms with Gasteiger partial charge in [0.05, 0.1) is 15.7 Å². The summed E-state index contributed by atoms with van der Waals surface area (Å²) in [5, 5.41) is 1.19. The Hall–Kier alpha value is -1.18. The van der Waals surface area contributed by atoms with Crippen LogP contribution >= 0.6 is 23.2 Å². The molecule has 0 amide bonds. The zero-order valence-electron chi connectivity index (χ0n) is 9.53. The van der Waals surface area contributed by atoms with E-state index in [2.05, 4.69) is 17.0 Å². The number of halogens is 2. The van der Waals surface area contributed by atoms with Gasteiger partial charge in [0.25, 0.3) is 0 Å². The quantitative estimate of drug-likeness (QED) is 0.782. The Labute approximate surface area is 112 Å². The molecule has 0 aliphatic rings. The van der Waals surface area contributed by atoms with Crippen molar-refractivity contribution in [2.75, 3.05) is 11.9 Å². The fourth-order valence-electron chi connectivity index (χ4n) is 1.73. The largest absolute Gasteiger partial charge is 0.369 e. The molecule has 0 atom stereocenters. The SMILES string of the molecule is CN(Cc1ccccc1)c1cccc(Cl)c1Cl. The minimum Gasteiger partial charge on any atom is -0.369 e. The van der Waals surface area contributed by atoms with Crippen LogP contribution in [0.5, 0.6) is 0 Å². The molecule has 0 aromatic heterocycles. The van der Waals surface area contributed by atoms with Gasteiger partial charge in [-0.1, -0.05) is 59.6 Å². The van der Waals surface area contributed by atoms with Gasteiger partial charge in [-0.15, -0.1) is 0 Å². The van der Waals surface area contributed by atoms with Gasteiger partial charge in [0.15, 0.2) is 0 Å². The molecule has 0 spiro atoms. The molecular formula is C14H13Cl2N. The molecule has 0 N–H and O–H groups in total. The molecule has 0 saturated heterocycles.